The smallest absolute Gasteiger partial charge is 0.166 e. The zero-order valence-electron chi connectivity index (χ0n) is 17.9. The molecule has 2 N–H and O–H groups in total. The highest BCUT2D eigenvalue weighted by Crippen LogP contribution is 2.31. The molecule has 1 aliphatic rings. The average Bonchev–Trinajstić information content (AvgIpc) is 3.36. The highest BCUT2D eigenvalue weighted by Gasteiger charge is 2.28. The quantitative estimate of drug-likeness (QED) is 0.544. The lowest BCUT2D eigenvalue weighted by Crippen LogP contribution is -2.54. The number of nitrogens with one attached hydrogen (secondary N) is 2. The van der Waals surface area contributed by atoms with E-state index in [1.807, 2.05) is 30.2 Å². The fourth-order valence-electron chi connectivity index (χ4n) is 4.30. The molecule has 0 radical (unpaired) electrons. The predicted molar refractivity (Wildman–Crippen MR) is 119 cm³/mol. The second kappa shape index (κ2) is 7.36. The number of rotatable bonds is 4. The van der Waals surface area contributed by atoms with Crippen LogP contribution in [-0.2, 0) is 7.05 Å². The largest absolute Gasteiger partial charge is 0.353 e. The van der Waals surface area contributed by atoms with Gasteiger partial charge in [0.2, 0.25) is 0 Å². The Bertz CT molecular complexity index is 1190. The molecule has 4 aromatic heterocycles. The van der Waals surface area contributed by atoms with Gasteiger partial charge in [-0.15, -0.1) is 0 Å². The van der Waals surface area contributed by atoms with Crippen LogP contribution in [0.4, 0.5) is 5.82 Å². The first-order valence-electron chi connectivity index (χ1n) is 10.6. The SMILES string of the molecule is CC(C)C(C)C1CN(c2nc(-c3c[nH]c4ncccc34)nc3c2cnn3C)CCN1. The lowest BCUT2D eigenvalue weighted by Gasteiger charge is -2.38. The van der Waals surface area contributed by atoms with Crippen LogP contribution in [-0.4, -0.2) is 55.4 Å². The van der Waals surface area contributed by atoms with Crippen molar-refractivity contribution in [1.29, 1.82) is 0 Å². The van der Waals surface area contributed by atoms with Crippen LogP contribution < -0.4 is 10.2 Å². The summed E-state index contributed by atoms with van der Waals surface area (Å²) in [6, 6.07) is 4.42. The van der Waals surface area contributed by atoms with E-state index in [-0.39, 0.29) is 0 Å². The van der Waals surface area contributed by atoms with E-state index in [2.05, 4.69) is 52.1 Å². The molecule has 1 aliphatic heterocycles. The predicted octanol–water partition coefficient (Wildman–Crippen LogP) is 2.98. The molecule has 4 aromatic rings. The molecule has 8 nitrogen and oxygen atoms in total. The monoisotopic (exact) mass is 404 g/mol. The number of hydrogen-bond acceptors (Lipinski definition) is 6. The Morgan fingerprint density at radius 1 is 1.17 bits per heavy atom. The van der Waals surface area contributed by atoms with Gasteiger partial charge in [0, 0.05) is 56.1 Å². The van der Waals surface area contributed by atoms with E-state index in [0.717, 1.165) is 53.1 Å². The summed E-state index contributed by atoms with van der Waals surface area (Å²) >= 11 is 0. The van der Waals surface area contributed by atoms with Gasteiger partial charge >= 0.3 is 0 Å². The molecule has 0 bridgehead atoms. The summed E-state index contributed by atoms with van der Waals surface area (Å²) < 4.78 is 1.83. The molecular weight excluding hydrogens is 376 g/mol. The van der Waals surface area contributed by atoms with Crippen LogP contribution >= 0.6 is 0 Å². The third kappa shape index (κ3) is 3.11. The van der Waals surface area contributed by atoms with Crippen molar-refractivity contribution in [3.05, 3.63) is 30.7 Å². The maximum absolute atomic E-state index is 5.06. The van der Waals surface area contributed by atoms with Gasteiger partial charge in [0.15, 0.2) is 11.5 Å². The Morgan fingerprint density at radius 3 is 2.87 bits per heavy atom. The van der Waals surface area contributed by atoms with E-state index < -0.39 is 0 Å². The van der Waals surface area contributed by atoms with Crippen molar-refractivity contribution in [2.75, 3.05) is 24.5 Å². The number of fused-ring (bicyclic) bond motifs is 2. The van der Waals surface area contributed by atoms with Gasteiger partial charge in [-0.25, -0.2) is 15.0 Å². The third-order valence-corrected chi connectivity index (χ3v) is 6.46. The summed E-state index contributed by atoms with van der Waals surface area (Å²) in [4.78, 5) is 20.0. The molecule has 0 saturated carbocycles. The van der Waals surface area contributed by atoms with E-state index in [4.69, 9.17) is 9.97 Å². The number of aryl methyl sites for hydroxylation is 1. The molecular formula is C22H28N8. The number of anilines is 1. The van der Waals surface area contributed by atoms with E-state index in [0.29, 0.717) is 23.7 Å². The van der Waals surface area contributed by atoms with Crippen LogP contribution in [0.2, 0.25) is 0 Å². The first kappa shape index (κ1) is 19.0. The number of nitrogens with zero attached hydrogens (tertiary/aromatic N) is 6. The summed E-state index contributed by atoms with van der Waals surface area (Å²) in [5.41, 5.74) is 2.65. The lowest BCUT2D eigenvalue weighted by atomic mass is 9.89. The van der Waals surface area contributed by atoms with Gasteiger partial charge in [0.05, 0.1) is 11.6 Å². The minimum atomic E-state index is 0.432. The van der Waals surface area contributed by atoms with Gasteiger partial charge in [-0.05, 0) is 24.0 Å². The van der Waals surface area contributed by atoms with E-state index in [9.17, 15) is 0 Å². The molecule has 1 saturated heterocycles. The maximum Gasteiger partial charge on any atom is 0.166 e. The maximum atomic E-state index is 5.06. The minimum absolute atomic E-state index is 0.432. The first-order valence-corrected chi connectivity index (χ1v) is 10.6. The van der Waals surface area contributed by atoms with Crippen LogP contribution in [0.5, 0.6) is 0 Å². The van der Waals surface area contributed by atoms with Gasteiger partial charge < -0.3 is 15.2 Å². The van der Waals surface area contributed by atoms with Crippen molar-refractivity contribution in [1.82, 2.24) is 35.0 Å². The van der Waals surface area contributed by atoms with Crippen molar-refractivity contribution < 1.29 is 0 Å². The highest BCUT2D eigenvalue weighted by molar-refractivity contribution is 5.94. The molecule has 0 aromatic carbocycles. The van der Waals surface area contributed by atoms with Crippen molar-refractivity contribution >= 4 is 27.9 Å². The number of H-pyrrole nitrogens is 1. The molecule has 0 amide bonds. The minimum Gasteiger partial charge on any atom is -0.353 e. The van der Waals surface area contributed by atoms with Crippen LogP contribution in [0.1, 0.15) is 20.8 Å². The van der Waals surface area contributed by atoms with E-state index in [1.54, 1.807) is 6.20 Å². The average molecular weight is 405 g/mol. The Labute approximate surface area is 175 Å². The van der Waals surface area contributed by atoms with Crippen LogP contribution in [0.25, 0.3) is 33.5 Å². The summed E-state index contributed by atoms with van der Waals surface area (Å²) in [7, 11) is 1.93. The van der Waals surface area contributed by atoms with Gasteiger partial charge in [0.25, 0.3) is 0 Å². The van der Waals surface area contributed by atoms with E-state index in [1.165, 1.54) is 0 Å². The topological polar surface area (TPSA) is 87.6 Å². The first-order chi connectivity index (χ1) is 14.5. The number of aromatic nitrogens is 6. The molecule has 0 spiro atoms. The summed E-state index contributed by atoms with van der Waals surface area (Å²) in [6.07, 6.45) is 5.62. The number of hydrogen-bond donors (Lipinski definition) is 2. The Morgan fingerprint density at radius 2 is 2.03 bits per heavy atom. The molecule has 5 heterocycles. The highest BCUT2D eigenvalue weighted by atomic mass is 15.3. The number of piperazine rings is 1. The second-order valence-corrected chi connectivity index (χ2v) is 8.59. The summed E-state index contributed by atoms with van der Waals surface area (Å²) in [5.74, 6) is 2.87. The molecule has 156 valence electrons. The number of pyridine rings is 1. The molecule has 2 unspecified atom stereocenters. The summed E-state index contributed by atoms with van der Waals surface area (Å²) in [5, 5.41) is 10.2. The fraction of sp³-hybridized carbons (Fsp3) is 0.455. The summed E-state index contributed by atoms with van der Waals surface area (Å²) in [6.45, 7) is 9.69. The lowest BCUT2D eigenvalue weighted by molar-refractivity contribution is 0.283. The molecule has 30 heavy (non-hydrogen) atoms. The molecule has 1 fully saturated rings. The zero-order valence-corrected chi connectivity index (χ0v) is 17.9. The normalized spacial score (nSPS) is 18.6. The third-order valence-electron chi connectivity index (χ3n) is 6.46. The van der Waals surface area contributed by atoms with Crippen molar-refractivity contribution in [3.63, 3.8) is 0 Å². The van der Waals surface area contributed by atoms with Crippen molar-refractivity contribution in [2.45, 2.75) is 26.8 Å². The Kier molecular flexibility index (Phi) is 4.66. The van der Waals surface area contributed by atoms with Crippen LogP contribution in [0, 0.1) is 11.8 Å². The van der Waals surface area contributed by atoms with Crippen LogP contribution in [0.15, 0.2) is 30.7 Å². The Balaban J connectivity index is 1.61. The zero-order chi connectivity index (χ0) is 20.8. The fourth-order valence-corrected chi connectivity index (χ4v) is 4.30. The standard InChI is InChI=1S/C22H28N8/c1-13(2)14(3)18-12-30(9-8-23-18)22-17-11-26-29(4)21(17)27-20(28-22)16-10-25-19-15(16)6-5-7-24-19/h5-7,10-11,13-14,18,23H,8-9,12H2,1-4H3,(H,24,25). The molecule has 0 aliphatic carbocycles. The second-order valence-electron chi connectivity index (χ2n) is 8.59. The van der Waals surface area contributed by atoms with Crippen LogP contribution in [0.3, 0.4) is 0 Å². The molecule has 2 atom stereocenters. The van der Waals surface area contributed by atoms with Gasteiger partial charge in [-0.1, -0.05) is 20.8 Å². The van der Waals surface area contributed by atoms with E-state index >= 15 is 0 Å². The number of aromatic amines is 1. The van der Waals surface area contributed by atoms with Gasteiger partial charge in [-0.3, -0.25) is 4.68 Å². The van der Waals surface area contributed by atoms with Gasteiger partial charge in [0.1, 0.15) is 11.5 Å². The Hall–Kier alpha value is -3.00. The molecule has 8 heteroatoms. The molecule has 5 rings (SSSR count). The van der Waals surface area contributed by atoms with Crippen molar-refractivity contribution in [2.24, 2.45) is 18.9 Å². The van der Waals surface area contributed by atoms with Gasteiger partial charge in [-0.2, -0.15) is 5.10 Å². The van der Waals surface area contributed by atoms with Crippen molar-refractivity contribution in [3.8, 4) is 11.4 Å².